The van der Waals surface area contributed by atoms with E-state index in [1.165, 1.54) is 12.5 Å². The number of amides is 1. The molecule has 0 spiro atoms. The van der Waals surface area contributed by atoms with Gasteiger partial charge in [-0.15, -0.1) is 0 Å². The summed E-state index contributed by atoms with van der Waals surface area (Å²) in [5.41, 5.74) is 9.30. The standard InChI is InChI=1S/C14H14N2O2/c15-12-4-1-5-13-11(12)3-2-7-16(13)14(17)10-6-8-18-9-10/h1,4-6,8-9H,2-3,7,15H2. The highest BCUT2D eigenvalue weighted by molar-refractivity contribution is 6.06. The van der Waals surface area contributed by atoms with E-state index in [1.807, 2.05) is 18.2 Å². The second-order valence-corrected chi connectivity index (χ2v) is 4.42. The molecule has 3 rings (SSSR count). The Morgan fingerprint density at radius 1 is 1.33 bits per heavy atom. The lowest BCUT2D eigenvalue weighted by atomic mass is 9.99. The Bertz CT molecular complexity index is 575. The molecule has 2 aromatic rings. The number of carbonyl (C=O) groups excluding carboxylic acids is 1. The summed E-state index contributed by atoms with van der Waals surface area (Å²) in [7, 11) is 0. The van der Waals surface area contributed by atoms with Gasteiger partial charge < -0.3 is 15.1 Å². The van der Waals surface area contributed by atoms with E-state index < -0.39 is 0 Å². The van der Waals surface area contributed by atoms with Gasteiger partial charge in [-0.3, -0.25) is 4.79 Å². The van der Waals surface area contributed by atoms with Crippen LogP contribution in [-0.4, -0.2) is 12.5 Å². The molecule has 1 aromatic carbocycles. The highest BCUT2D eigenvalue weighted by atomic mass is 16.3. The van der Waals surface area contributed by atoms with Gasteiger partial charge in [0.05, 0.1) is 11.8 Å². The zero-order valence-corrected chi connectivity index (χ0v) is 9.93. The normalized spacial score (nSPS) is 14.3. The second-order valence-electron chi connectivity index (χ2n) is 4.42. The molecule has 1 aliphatic heterocycles. The van der Waals surface area contributed by atoms with Gasteiger partial charge in [0.2, 0.25) is 0 Å². The molecular formula is C14H14N2O2. The van der Waals surface area contributed by atoms with Crippen LogP contribution < -0.4 is 10.6 Å². The highest BCUT2D eigenvalue weighted by Crippen LogP contribution is 2.32. The number of carbonyl (C=O) groups is 1. The fourth-order valence-electron chi connectivity index (χ4n) is 2.40. The maximum absolute atomic E-state index is 12.4. The van der Waals surface area contributed by atoms with Crippen LogP contribution in [0.2, 0.25) is 0 Å². The van der Waals surface area contributed by atoms with Gasteiger partial charge in [-0.2, -0.15) is 0 Å². The highest BCUT2D eigenvalue weighted by Gasteiger charge is 2.24. The Hall–Kier alpha value is -2.23. The van der Waals surface area contributed by atoms with Gasteiger partial charge >= 0.3 is 0 Å². The topological polar surface area (TPSA) is 59.5 Å². The van der Waals surface area contributed by atoms with E-state index in [0.29, 0.717) is 5.56 Å². The Morgan fingerprint density at radius 2 is 2.22 bits per heavy atom. The first-order valence-electron chi connectivity index (χ1n) is 5.99. The molecule has 0 radical (unpaired) electrons. The molecule has 0 saturated heterocycles. The lowest BCUT2D eigenvalue weighted by Gasteiger charge is -2.29. The molecule has 2 heterocycles. The molecule has 1 aromatic heterocycles. The maximum atomic E-state index is 12.4. The summed E-state index contributed by atoms with van der Waals surface area (Å²) in [6, 6.07) is 7.39. The van der Waals surface area contributed by atoms with E-state index in [4.69, 9.17) is 10.2 Å². The fourth-order valence-corrected chi connectivity index (χ4v) is 2.40. The van der Waals surface area contributed by atoms with Gasteiger partial charge in [0.1, 0.15) is 6.26 Å². The van der Waals surface area contributed by atoms with Gasteiger partial charge in [-0.25, -0.2) is 0 Å². The molecule has 0 bridgehead atoms. The Morgan fingerprint density at radius 3 is 3.00 bits per heavy atom. The van der Waals surface area contributed by atoms with Crippen molar-refractivity contribution in [1.82, 2.24) is 0 Å². The van der Waals surface area contributed by atoms with Crippen LogP contribution in [0.5, 0.6) is 0 Å². The third-order valence-electron chi connectivity index (χ3n) is 3.30. The molecule has 2 N–H and O–H groups in total. The van der Waals surface area contributed by atoms with Crippen LogP contribution in [0.25, 0.3) is 0 Å². The SMILES string of the molecule is Nc1cccc2c1CCCN2C(=O)c1ccoc1. The number of anilines is 2. The number of hydrogen-bond donors (Lipinski definition) is 1. The summed E-state index contributed by atoms with van der Waals surface area (Å²) < 4.78 is 4.97. The quantitative estimate of drug-likeness (QED) is 0.781. The van der Waals surface area contributed by atoms with Crippen LogP contribution in [0.15, 0.2) is 41.2 Å². The third-order valence-corrected chi connectivity index (χ3v) is 3.30. The van der Waals surface area contributed by atoms with Gasteiger partial charge in [-0.05, 0) is 36.6 Å². The number of nitrogens with zero attached hydrogens (tertiary/aromatic N) is 1. The van der Waals surface area contributed by atoms with Crippen LogP contribution in [0.1, 0.15) is 22.3 Å². The van der Waals surface area contributed by atoms with E-state index in [1.54, 1.807) is 11.0 Å². The van der Waals surface area contributed by atoms with Gasteiger partial charge in [-0.1, -0.05) is 6.07 Å². The summed E-state index contributed by atoms with van der Waals surface area (Å²) in [6.07, 6.45) is 4.85. The molecule has 0 saturated carbocycles. The lowest BCUT2D eigenvalue weighted by Crippen LogP contribution is -2.35. The molecule has 18 heavy (non-hydrogen) atoms. The van der Waals surface area contributed by atoms with Gasteiger partial charge in [0, 0.05) is 17.9 Å². The predicted molar refractivity (Wildman–Crippen MR) is 69.6 cm³/mol. The molecule has 0 aliphatic carbocycles. The Kier molecular flexibility index (Phi) is 2.55. The number of nitrogen functional groups attached to an aromatic ring is 1. The first kappa shape index (κ1) is 10.9. The summed E-state index contributed by atoms with van der Waals surface area (Å²) in [5.74, 6) is -0.0321. The monoisotopic (exact) mass is 242 g/mol. The van der Waals surface area contributed by atoms with E-state index in [-0.39, 0.29) is 5.91 Å². The summed E-state index contributed by atoms with van der Waals surface area (Å²) in [4.78, 5) is 14.1. The van der Waals surface area contributed by atoms with Crippen LogP contribution >= 0.6 is 0 Å². The van der Waals surface area contributed by atoms with Crippen LogP contribution in [-0.2, 0) is 6.42 Å². The minimum atomic E-state index is -0.0321. The first-order valence-corrected chi connectivity index (χ1v) is 5.99. The van der Waals surface area contributed by atoms with Crippen molar-refractivity contribution in [1.29, 1.82) is 0 Å². The van der Waals surface area contributed by atoms with Crippen molar-refractivity contribution in [3.63, 3.8) is 0 Å². The number of furan rings is 1. The Labute approximate surface area is 105 Å². The summed E-state index contributed by atoms with van der Waals surface area (Å²) in [5, 5.41) is 0. The molecule has 92 valence electrons. The van der Waals surface area contributed by atoms with Crippen LogP contribution in [0.3, 0.4) is 0 Å². The van der Waals surface area contributed by atoms with Crippen molar-refractivity contribution in [2.75, 3.05) is 17.2 Å². The van der Waals surface area contributed by atoms with E-state index in [9.17, 15) is 4.79 Å². The third kappa shape index (κ3) is 1.66. The lowest BCUT2D eigenvalue weighted by molar-refractivity contribution is 0.0984. The molecule has 0 fully saturated rings. The molecule has 4 heteroatoms. The molecule has 4 nitrogen and oxygen atoms in total. The van der Waals surface area contributed by atoms with Crippen molar-refractivity contribution in [3.8, 4) is 0 Å². The minimum Gasteiger partial charge on any atom is -0.472 e. The zero-order chi connectivity index (χ0) is 12.5. The average Bonchev–Trinajstić information content (AvgIpc) is 2.92. The van der Waals surface area contributed by atoms with Crippen molar-refractivity contribution in [2.45, 2.75) is 12.8 Å². The smallest absolute Gasteiger partial charge is 0.261 e. The summed E-state index contributed by atoms with van der Waals surface area (Å²) >= 11 is 0. The minimum absolute atomic E-state index is 0.0321. The number of nitrogens with two attached hydrogens (primary N) is 1. The van der Waals surface area contributed by atoms with Crippen LogP contribution in [0.4, 0.5) is 11.4 Å². The number of rotatable bonds is 1. The van der Waals surface area contributed by atoms with Gasteiger partial charge in [0.15, 0.2) is 0 Å². The molecule has 1 amide bonds. The van der Waals surface area contributed by atoms with E-state index in [2.05, 4.69) is 0 Å². The van der Waals surface area contributed by atoms with Crippen LogP contribution in [0, 0.1) is 0 Å². The zero-order valence-electron chi connectivity index (χ0n) is 9.93. The van der Waals surface area contributed by atoms with Crippen molar-refractivity contribution in [3.05, 3.63) is 47.9 Å². The van der Waals surface area contributed by atoms with Gasteiger partial charge in [0.25, 0.3) is 5.91 Å². The van der Waals surface area contributed by atoms with Crippen molar-refractivity contribution in [2.24, 2.45) is 0 Å². The average molecular weight is 242 g/mol. The number of benzene rings is 1. The number of fused-ring (bicyclic) bond motifs is 1. The molecular weight excluding hydrogens is 228 g/mol. The van der Waals surface area contributed by atoms with Crippen molar-refractivity contribution < 1.29 is 9.21 Å². The predicted octanol–water partition coefficient (Wildman–Crippen LogP) is 2.45. The second kappa shape index (κ2) is 4.22. The first-order chi connectivity index (χ1) is 8.77. The molecule has 0 unspecified atom stereocenters. The van der Waals surface area contributed by atoms with E-state index >= 15 is 0 Å². The molecule has 1 aliphatic rings. The Balaban J connectivity index is 2.02. The fraction of sp³-hybridized carbons (Fsp3) is 0.214. The number of hydrogen-bond acceptors (Lipinski definition) is 3. The largest absolute Gasteiger partial charge is 0.472 e. The maximum Gasteiger partial charge on any atom is 0.261 e. The van der Waals surface area contributed by atoms with E-state index in [0.717, 1.165) is 36.3 Å². The summed E-state index contributed by atoms with van der Waals surface area (Å²) in [6.45, 7) is 0.723. The van der Waals surface area contributed by atoms with Crippen molar-refractivity contribution >= 4 is 17.3 Å². The molecule has 0 atom stereocenters.